The van der Waals surface area contributed by atoms with Crippen LogP contribution >= 0.6 is 23.2 Å². The Morgan fingerprint density at radius 1 is 1.56 bits per heavy atom. The van der Waals surface area contributed by atoms with E-state index in [1.54, 1.807) is 0 Å². The minimum Gasteiger partial charge on any atom is -0.338 e. The van der Waals surface area contributed by atoms with Crippen molar-refractivity contribution in [2.75, 3.05) is 13.1 Å². The zero-order valence-electron chi connectivity index (χ0n) is 8.91. The van der Waals surface area contributed by atoms with Gasteiger partial charge in [0.2, 0.25) is 0 Å². The van der Waals surface area contributed by atoms with Gasteiger partial charge in [0.05, 0.1) is 10.6 Å². The summed E-state index contributed by atoms with van der Waals surface area (Å²) < 4.78 is 0. The van der Waals surface area contributed by atoms with Gasteiger partial charge in [-0.2, -0.15) is 0 Å². The highest BCUT2D eigenvalue weighted by molar-refractivity contribution is 6.35. The zero-order chi connectivity index (χ0) is 11.7. The fraction of sp³-hybridized carbons (Fsp3) is 0.455. The van der Waals surface area contributed by atoms with Gasteiger partial charge in [0.1, 0.15) is 5.15 Å². The minimum absolute atomic E-state index is 0.0568. The van der Waals surface area contributed by atoms with Crippen LogP contribution < -0.4 is 0 Å². The first-order valence-electron chi connectivity index (χ1n) is 5.18. The number of carbonyl (C=O) groups is 1. The summed E-state index contributed by atoms with van der Waals surface area (Å²) in [5, 5.41) is 0.647. The number of nitrogens with zero attached hydrogens (tertiary/aromatic N) is 2. The SMILES string of the molecule is CC1CCN(C(=O)c2cc(Cl)ncc2Cl)C1. The van der Waals surface area contributed by atoms with Crippen molar-refractivity contribution in [1.82, 2.24) is 9.88 Å². The van der Waals surface area contributed by atoms with Gasteiger partial charge in [0.15, 0.2) is 0 Å². The van der Waals surface area contributed by atoms with Crippen LogP contribution in [0, 0.1) is 5.92 Å². The normalized spacial score (nSPS) is 20.2. The molecule has 0 spiro atoms. The predicted octanol–water partition coefficient (Wildman–Crippen LogP) is 2.87. The molecule has 1 aromatic heterocycles. The Morgan fingerprint density at radius 3 is 2.94 bits per heavy atom. The van der Waals surface area contributed by atoms with E-state index in [-0.39, 0.29) is 5.91 Å². The summed E-state index contributed by atoms with van der Waals surface area (Å²) in [5.41, 5.74) is 0.441. The highest BCUT2D eigenvalue weighted by atomic mass is 35.5. The summed E-state index contributed by atoms with van der Waals surface area (Å²) in [7, 11) is 0. The Bertz CT molecular complexity index is 422. The van der Waals surface area contributed by atoms with E-state index in [1.807, 2.05) is 4.90 Å². The summed E-state index contributed by atoms with van der Waals surface area (Å²) in [4.78, 5) is 17.8. The lowest BCUT2D eigenvalue weighted by molar-refractivity contribution is 0.0788. The van der Waals surface area contributed by atoms with Crippen LogP contribution in [0.5, 0.6) is 0 Å². The first-order valence-corrected chi connectivity index (χ1v) is 5.94. The highest BCUT2D eigenvalue weighted by Crippen LogP contribution is 2.23. The number of amides is 1. The molecule has 1 saturated heterocycles. The van der Waals surface area contributed by atoms with Crippen LogP contribution in [0.2, 0.25) is 10.2 Å². The molecule has 1 aromatic rings. The number of halogens is 2. The van der Waals surface area contributed by atoms with Crippen LogP contribution in [-0.2, 0) is 0 Å². The van der Waals surface area contributed by atoms with E-state index in [4.69, 9.17) is 23.2 Å². The molecule has 16 heavy (non-hydrogen) atoms. The van der Waals surface area contributed by atoms with E-state index in [0.29, 0.717) is 21.7 Å². The molecule has 1 fully saturated rings. The van der Waals surface area contributed by atoms with E-state index < -0.39 is 0 Å². The number of hydrogen-bond donors (Lipinski definition) is 0. The van der Waals surface area contributed by atoms with Crippen molar-refractivity contribution < 1.29 is 4.79 Å². The zero-order valence-corrected chi connectivity index (χ0v) is 10.4. The van der Waals surface area contributed by atoms with Gasteiger partial charge < -0.3 is 4.90 Å². The number of hydrogen-bond acceptors (Lipinski definition) is 2. The fourth-order valence-corrected chi connectivity index (χ4v) is 2.21. The van der Waals surface area contributed by atoms with Gasteiger partial charge in [-0.3, -0.25) is 4.79 Å². The molecule has 0 bridgehead atoms. The average molecular weight is 259 g/mol. The molecular formula is C11H12Cl2N2O. The third kappa shape index (κ3) is 2.30. The van der Waals surface area contributed by atoms with Gasteiger partial charge >= 0.3 is 0 Å². The molecule has 1 aliphatic heterocycles. The van der Waals surface area contributed by atoms with Crippen LogP contribution in [0.25, 0.3) is 0 Å². The fourth-order valence-electron chi connectivity index (χ4n) is 1.87. The Morgan fingerprint density at radius 2 is 2.31 bits per heavy atom. The second-order valence-electron chi connectivity index (χ2n) is 4.13. The van der Waals surface area contributed by atoms with Crippen LogP contribution in [0.1, 0.15) is 23.7 Å². The summed E-state index contributed by atoms with van der Waals surface area (Å²) in [6, 6.07) is 1.52. The highest BCUT2D eigenvalue weighted by Gasteiger charge is 2.25. The second-order valence-corrected chi connectivity index (χ2v) is 4.93. The lowest BCUT2D eigenvalue weighted by atomic mass is 10.2. The Hall–Kier alpha value is -0.800. The quantitative estimate of drug-likeness (QED) is 0.726. The molecule has 0 radical (unpaired) electrons. The molecule has 1 unspecified atom stereocenters. The molecule has 1 atom stereocenters. The van der Waals surface area contributed by atoms with Gasteiger partial charge in [-0.15, -0.1) is 0 Å². The van der Waals surface area contributed by atoms with E-state index >= 15 is 0 Å². The van der Waals surface area contributed by atoms with Crippen LogP contribution in [-0.4, -0.2) is 28.9 Å². The van der Waals surface area contributed by atoms with Crippen molar-refractivity contribution in [3.8, 4) is 0 Å². The first kappa shape index (κ1) is 11.7. The Labute approximate surface area is 104 Å². The minimum atomic E-state index is -0.0568. The lowest BCUT2D eigenvalue weighted by Crippen LogP contribution is -2.28. The van der Waals surface area contributed by atoms with Crippen molar-refractivity contribution in [3.05, 3.63) is 28.0 Å². The maximum atomic E-state index is 12.1. The van der Waals surface area contributed by atoms with Gasteiger partial charge in [-0.25, -0.2) is 4.98 Å². The van der Waals surface area contributed by atoms with Crippen LogP contribution in [0.4, 0.5) is 0 Å². The summed E-state index contributed by atoms with van der Waals surface area (Å²) in [5.74, 6) is 0.499. The summed E-state index contributed by atoms with van der Waals surface area (Å²) in [6.07, 6.45) is 2.46. The smallest absolute Gasteiger partial charge is 0.255 e. The van der Waals surface area contributed by atoms with E-state index in [0.717, 1.165) is 19.5 Å². The van der Waals surface area contributed by atoms with Crippen LogP contribution in [0.15, 0.2) is 12.3 Å². The standard InChI is InChI=1S/C11H12Cl2N2O/c1-7-2-3-15(6-7)11(16)8-4-10(13)14-5-9(8)12/h4-5,7H,2-3,6H2,1H3. The summed E-state index contributed by atoms with van der Waals surface area (Å²) >= 11 is 11.7. The monoisotopic (exact) mass is 258 g/mol. The van der Waals surface area contributed by atoms with Gasteiger partial charge in [-0.1, -0.05) is 30.1 Å². The number of likely N-dealkylation sites (tertiary alicyclic amines) is 1. The van der Waals surface area contributed by atoms with Gasteiger partial charge in [0, 0.05) is 19.3 Å². The van der Waals surface area contributed by atoms with Crippen molar-refractivity contribution in [1.29, 1.82) is 0 Å². The summed E-state index contributed by atoms with van der Waals surface area (Å²) in [6.45, 7) is 3.71. The molecular weight excluding hydrogens is 247 g/mol. The molecule has 1 amide bonds. The Balaban J connectivity index is 2.23. The van der Waals surface area contributed by atoms with E-state index in [9.17, 15) is 4.79 Å². The van der Waals surface area contributed by atoms with Crippen LogP contribution in [0.3, 0.4) is 0 Å². The second kappa shape index (κ2) is 4.60. The van der Waals surface area contributed by atoms with Gasteiger partial charge in [-0.05, 0) is 18.4 Å². The molecule has 86 valence electrons. The molecule has 3 nitrogen and oxygen atoms in total. The molecule has 0 aromatic carbocycles. The molecule has 2 rings (SSSR count). The average Bonchev–Trinajstić information content (AvgIpc) is 2.67. The van der Waals surface area contributed by atoms with E-state index in [2.05, 4.69) is 11.9 Å². The molecule has 1 aliphatic rings. The Kier molecular flexibility index (Phi) is 3.36. The third-order valence-corrected chi connectivity index (χ3v) is 3.27. The molecule has 0 aliphatic carbocycles. The maximum Gasteiger partial charge on any atom is 0.255 e. The largest absolute Gasteiger partial charge is 0.338 e. The molecule has 0 saturated carbocycles. The lowest BCUT2D eigenvalue weighted by Gasteiger charge is -2.16. The van der Waals surface area contributed by atoms with Crippen molar-refractivity contribution in [3.63, 3.8) is 0 Å². The third-order valence-electron chi connectivity index (χ3n) is 2.76. The first-order chi connectivity index (χ1) is 7.58. The number of carbonyl (C=O) groups excluding carboxylic acids is 1. The molecule has 5 heteroatoms. The van der Waals surface area contributed by atoms with Crippen molar-refractivity contribution in [2.45, 2.75) is 13.3 Å². The van der Waals surface area contributed by atoms with Crippen molar-refractivity contribution in [2.24, 2.45) is 5.92 Å². The topological polar surface area (TPSA) is 33.2 Å². The van der Waals surface area contributed by atoms with E-state index in [1.165, 1.54) is 12.3 Å². The van der Waals surface area contributed by atoms with Crippen molar-refractivity contribution >= 4 is 29.1 Å². The number of pyridine rings is 1. The number of aromatic nitrogens is 1. The predicted molar refractivity (Wildman–Crippen MR) is 63.9 cm³/mol. The molecule has 2 heterocycles. The maximum absolute atomic E-state index is 12.1. The molecule has 0 N–H and O–H groups in total. The number of rotatable bonds is 1. The van der Waals surface area contributed by atoms with Gasteiger partial charge in [0.25, 0.3) is 5.91 Å².